The summed E-state index contributed by atoms with van der Waals surface area (Å²) in [6.07, 6.45) is 7.39. The van der Waals surface area contributed by atoms with Gasteiger partial charge in [-0.2, -0.15) is 0 Å². The third-order valence-corrected chi connectivity index (χ3v) is 51.3. The molecule has 0 spiro atoms. The zero-order chi connectivity index (χ0) is 27.7. The molecule has 0 bridgehead atoms. The van der Waals surface area contributed by atoms with Crippen molar-refractivity contribution in [3.8, 4) is 0 Å². The zero-order valence-electron chi connectivity index (χ0n) is 25.5. The van der Waals surface area contributed by atoms with Gasteiger partial charge in [-0.05, 0) is 0 Å². The van der Waals surface area contributed by atoms with E-state index >= 15 is 0 Å². The molecule has 41 heavy (non-hydrogen) atoms. The van der Waals surface area contributed by atoms with E-state index in [1.807, 2.05) is 6.66 Å². The second-order valence-corrected chi connectivity index (χ2v) is 44.3. The largest absolute Gasteiger partial charge is 1.00 e. The third-order valence-electron chi connectivity index (χ3n) is 8.77. The van der Waals surface area contributed by atoms with Gasteiger partial charge in [0.05, 0.1) is 0 Å². The predicted molar refractivity (Wildman–Crippen MR) is 169 cm³/mol. The quantitative estimate of drug-likeness (QED) is 0.322. The van der Waals surface area contributed by atoms with Gasteiger partial charge in [-0.3, -0.25) is 0 Å². The maximum Gasteiger partial charge on any atom is -1.00 e. The molecule has 0 nitrogen and oxygen atoms in total. The summed E-state index contributed by atoms with van der Waals surface area (Å²) in [6, 6.07) is 30.2. The average molecular weight is 809 g/mol. The van der Waals surface area contributed by atoms with Crippen LogP contribution in [-0.2, 0) is 31.2 Å². The first kappa shape index (κ1) is 34.1. The molecule has 0 N–H and O–H groups in total. The number of hydrogen-bond donors (Lipinski definition) is 0. The Bertz CT molecular complexity index is 1480. The molecule has 212 valence electrons. The van der Waals surface area contributed by atoms with Gasteiger partial charge in [0.25, 0.3) is 0 Å². The van der Waals surface area contributed by atoms with Gasteiger partial charge in [0.1, 0.15) is 0 Å². The number of allylic oxidation sites excluding steroid dienone is 8. The van der Waals surface area contributed by atoms with E-state index in [0.29, 0.717) is 11.8 Å². The molecule has 0 aromatic heterocycles. The van der Waals surface area contributed by atoms with Crippen LogP contribution in [0.5, 0.6) is 0 Å². The SMILES string of the molecule is CCc1cccc(C2=CC(C)[C]([Hf+2]([C]3=C(C)C(c4cccc(CC)c4)=CC3C)=[Ge]([CH3])[c]3ccccc3)=C2C)c1.[Cl-].[Cl-]. The van der Waals surface area contributed by atoms with Gasteiger partial charge < -0.3 is 24.8 Å². The van der Waals surface area contributed by atoms with Crippen LogP contribution < -0.4 is 29.2 Å². The van der Waals surface area contributed by atoms with E-state index in [-0.39, 0.29) is 24.8 Å². The van der Waals surface area contributed by atoms with Gasteiger partial charge in [-0.25, -0.2) is 0 Å². The predicted octanol–water partition coefficient (Wildman–Crippen LogP) is 3.28. The molecule has 0 saturated carbocycles. The van der Waals surface area contributed by atoms with Gasteiger partial charge in [0.15, 0.2) is 0 Å². The Labute approximate surface area is 269 Å². The Kier molecular flexibility index (Phi) is 12.4. The normalized spacial score (nSPS) is 17.8. The van der Waals surface area contributed by atoms with E-state index in [0.717, 1.165) is 12.8 Å². The molecular formula is C37H42Cl2GeHf. The van der Waals surface area contributed by atoms with E-state index in [2.05, 4.69) is 138 Å². The fourth-order valence-electron chi connectivity index (χ4n) is 6.64. The van der Waals surface area contributed by atoms with E-state index in [4.69, 9.17) is 0 Å². The van der Waals surface area contributed by atoms with Gasteiger partial charge in [0, 0.05) is 0 Å². The number of halogens is 2. The molecular weight excluding hydrogens is 766 g/mol. The summed E-state index contributed by atoms with van der Waals surface area (Å²) in [5.41, 5.74) is 11.9. The summed E-state index contributed by atoms with van der Waals surface area (Å²) in [5.74, 6) is 3.79. The Morgan fingerprint density at radius 2 is 1.07 bits per heavy atom. The van der Waals surface area contributed by atoms with Crippen molar-refractivity contribution >= 4 is 25.6 Å². The van der Waals surface area contributed by atoms with Crippen molar-refractivity contribution < 1.29 is 43.2 Å². The van der Waals surface area contributed by atoms with Crippen LogP contribution in [0.2, 0.25) is 5.76 Å². The second kappa shape index (κ2) is 14.9. The summed E-state index contributed by atoms with van der Waals surface area (Å²) >= 11 is -2.47. The maximum atomic E-state index is 2.71. The maximum absolute atomic E-state index is 2.71. The van der Waals surface area contributed by atoms with Gasteiger partial charge in [-0.15, -0.1) is 0 Å². The second-order valence-electron chi connectivity index (χ2n) is 11.3. The topological polar surface area (TPSA) is 0 Å². The molecule has 2 unspecified atom stereocenters. The summed E-state index contributed by atoms with van der Waals surface area (Å²) in [5, 5.41) is 0. The van der Waals surface area contributed by atoms with Crippen LogP contribution in [0.3, 0.4) is 0 Å². The Morgan fingerprint density at radius 3 is 1.49 bits per heavy atom. The van der Waals surface area contributed by atoms with Crippen LogP contribution in [0.15, 0.2) is 109 Å². The summed E-state index contributed by atoms with van der Waals surface area (Å²) in [6.45, 7) is 14.4. The minimum atomic E-state index is -2.47. The van der Waals surface area contributed by atoms with Crippen LogP contribution in [-0.4, -0.2) is 10.1 Å². The summed E-state index contributed by atoms with van der Waals surface area (Å²) < 4.78 is 5.45. The Balaban J connectivity index is 0.00000231. The van der Waals surface area contributed by atoms with Crippen LogP contribution in [0.1, 0.15) is 63.8 Å². The fourth-order valence-corrected chi connectivity index (χ4v) is 56.8. The van der Waals surface area contributed by atoms with Gasteiger partial charge in [0.2, 0.25) is 0 Å². The van der Waals surface area contributed by atoms with Crippen molar-refractivity contribution in [2.45, 2.75) is 60.1 Å². The first-order valence-corrected chi connectivity index (χ1v) is 31.8. The van der Waals surface area contributed by atoms with E-state index in [1.54, 1.807) is 15.5 Å². The van der Waals surface area contributed by atoms with Crippen molar-refractivity contribution in [2.24, 2.45) is 11.8 Å². The third kappa shape index (κ3) is 6.90. The Hall–Kier alpha value is -1.39. The number of hydrogen-bond acceptors (Lipinski definition) is 0. The zero-order valence-corrected chi connectivity index (χ0v) is 32.7. The molecule has 0 radical (unpaired) electrons. The fraction of sp³-hybridized carbons (Fsp3) is 0.297. The molecule has 0 saturated heterocycles. The number of rotatable bonds is 7. The van der Waals surface area contributed by atoms with E-state index in [1.165, 1.54) is 33.4 Å². The smallest absolute Gasteiger partial charge is 1.00 e. The standard InChI is InChI=1S/2C15H17.C7H8Ge.2ClH.Hf/c2*1-4-13-6-5-7-14(10-13)15-9-11(2)8-12(15)3;1-8-7-5-3-2-4-6-7;;;/h2*5-7,9-11H,4H2,1-3H3;2-6H,1H3;2*1H;/q;;;;;+2/p-2. The first-order chi connectivity index (χ1) is 18.8. The van der Waals surface area contributed by atoms with Gasteiger partial charge in [-0.1, -0.05) is 0 Å². The van der Waals surface area contributed by atoms with Crippen molar-refractivity contribution in [3.05, 3.63) is 131 Å². The molecule has 2 aliphatic rings. The molecule has 5 rings (SSSR count). The number of aryl methyl sites for hydroxylation is 2. The molecule has 2 aliphatic carbocycles. The van der Waals surface area contributed by atoms with Crippen molar-refractivity contribution in [2.75, 3.05) is 0 Å². The van der Waals surface area contributed by atoms with Crippen LogP contribution in [0, 0.1) is 11.8 Å². The molecule has 0 fully saturated rings. The van der Waals surface area contributed by atoms with E-state index < -0.39 is 28.4 Å². The molecule has 3 aromatic rings. The molecule has 0 aliphatic heterocycles. The molecule has 4 heteroatoms. The summed E-state index contributed by atoms with van der Waals surface area (Å²) in [4.78, 5) is 0. The van der Waals surface area contributed by atoms with Crippen LogP contribution in [0.4, 0.5) is 0 Å². The monoisotopic (exact) mass is 810 g/mol. The molecule has 3 aromatic carbocycles. The molecule has 2 atom stereocenters. The van der Waals surface area contributed by atoms with Crippen molar-refractivity contribution in [3.63, 3.8) is 0 Å². The minimum absolute atomic E-state index is 0. The van der Waals surface area contributed by atoms with Crippen molar-refractivity contribution in [1.29, 1.82) is 0 Å². The van der Waals surface area contributed by atoms with Crippen molar-refractivity contribution in [1.82, 2.24) is 0 Å². The average Bonchev–Trinajstić information content (AvgIpc) is 3.43. The van der Waals surface area contributed by atoms with E-state index in [9.17, 15) is 0 Å². The Morgan fingerprint density at radius 1 is 0.634 bits per heavy atom. The van der Waals surface area contributed by atoms with Gasteiger partial charge >= 0.3 is 247 Å². The molecule has 0 amide bonds. The van der Waals surface area contributed by atoms with Crippen LogP contribution >= 0.6 is 0 Å². The number of benzene rings is 3. The summed E-state index contributed by atoms with van der Waals surface area (Å²) in [7, 11) is -1.53. The minimum Gasteiger partial charge on any atom is -1.00 e. The molecule has 0 heterocycles. The van der Waals surface area contributed by atoms with Crippen LogP contribution in [0.25, 0.3) is 11.1 Å². The first-order valence-electron chi connectivity index (χ1n) is 14.7.